The van der Waals surface area contributed by atoms with Gasteiger partial charge in [-0.15, -0.1) is 0 Å². The van der Waals surface area contributed by atoms with Gasteiger partial charge in [-0.25, -0.2) is 13.8 Å². The lowest BCUT2D eigenvalue weighted by molar-refractivity contribution is -0.138. The van der Waals surface area contributed by atoms with Crippen molar-refractivity contribution >= 4 is 5.91 Å². The fourth-order valence-electron chi connectivity index (χ4n) is 5.19. The highest BCUT2D eigenvalue weighted by Gasteiger charge is 2.37. The van der Waals surface area contributed by atoms with Crippen molar-refractivity contribution in [3.63, 3.8) is 0 Å². The Morgan fingerprint density at radius 3 is 2.56 bits per heavy atom. The zero-order valence-corrected chi connectivity index (χ0v) is 24.9. The van der Waals surface area contributed by atoms with Crippen LogP contribution in [-0.2, 0) is 29.0 Å². The van der Waals surface area contributed by atoms with E-state index in [0.717, 1.165) is 49.0 Å². The summed E-state index contributed by atoms with van der Waals surface area (Å²) >= 11 is 0. The van der Waals surface area contributed by atoms with E-state index in [9.17, 15) is 18.7 Å². The number of methoxy groups -OCH3 is 2. The monoisotopic (exact) mass is 602 g/mol. The Labute approximate surface area is 250 Å². The molecule has 12 heteroatoms. The van der Waals surface area contributed by atoms with E-state index in [4.69, 9.17) is 18.9 Å². The average molecular weight is 603 g/mol. The number of amides is 1. The Morgan fingerprint density at radius 2 is 1.84 bits per heavy atom. The molecule has 1 N–H and O–H groups in total. The number of β-amino-alcohol motifs (C(OH)–C–C–N with tert-alkyl or cyclic N) is 1. The van der Waals surface area contributed by atoms with Crippen LogP contribution in [0.1, 0.15) is 24.7 Å². The van der Waals surface area contributed by atoms with Crippen LogP contribution in [-0.4, -0.2) is 96.2 Å². The third kappa shape index (κ3) is 9.12. The molecule has 4 rings (SSSR count). The Balaban J connectivity index is 1.41. The smallest absolute Gasteiger partial charge is 0.248 e. The van der Waals surface area contributed by atoms with E-state index in [-0.39, 0.29) is 38.0 Å². The van der Waals surface area contributed by atoms with Gasteiger partial charge in [0, 0.05) is 76.8 Å². The summed E-state index contributed by atoms with van der Waals surface area (Å²) in [7, 11) is 3.01. The lowest BCUT2D eigenvalue weighted by Crippen LogP contribution is -2.52. The van der Waals surface area contributed by atoms with Crippen molar-refractivity contribution in [3.8, 4) is 17.2 Å². The van der Waals surface area contributed by atoms with Crippen LogP contribution >= 0.6 is 0 Å². The Morgan fingerprint density at radius 1 is 1.05 bits per heavy atom. The number of aliphatic hydroxyl groups is 1. The fourth-order valence-corrected chi connectivity index (χ4v) is 5.19. The molecule has 0 spiro atoms. The minimum Gasteiger partial charge on any atom is -0.493 e. The van der Waals surface area contributed by atoms with E-state index in [0.29, 0.717) is 37.7 Å². The number of hydrogen-bond acceptors (Lipinski definition) is 8. The summed E-state index contributed by atoms with van der Waals surface area (Å²) < 4.78 is 51.8. The fraction of sp³-hybridized carbons (Fsp3) is 0.484. The Kier molecular flexibility index (Phi) is 11.3. The van der Waals surface area contributed by atoms with Gasteiger partial charge in [-0.3, -0.25) is 9.69 Å². The predicted molar refractivity (Wildman–Crippen MR) is 155 cm³/mol. The van der Waals surface area contributed by atoms with Crippen LogP contribution in [0.15, 0.2) is 48.8 Å². The molecule has 2 heterocycles. The minimum absolute atomic E-state index is 0.0294. The van der Waals surface area contributed by atoms with Crippen LogP contribution < -0.4 is 14.2 Å². The second-order valence-corrected chi connectivity index (χ2v) is 10.7. The van der Waals surface area contributed by atoms with Crippen molar-refractivity contribution in [1.82, 2.24) is 19.4 Å². The van der Waals surface area contributed by atoms with Crippen LogP contribution in [0.2, 0.25) is 0 Å². The number of benzene rings is 2. The molecule has 43 heavy (non-hydrogen) atoms. The molecule has 1 amide bonds. The van der Waals surface area contributed by atoms with Gasteiger partial charge in [0.25, 0.3) is 0 Å². The van der Waals surface area contributed by atoms with Crippen molar-refractivity contribution in [2.45, 2.75) is 38.5 Å². The summed E-state index contributed by atoms with van der Waals surface area (Å²) in [6, 6.07) is 8.53. The Hall–Kier alpha value is -3.74. The normalized spacial score (nSPS) is 17.5. The quantitative estimate of drug-likeness (QED) is 0.281. The van der Waals surface area contributed by atoms with E-state index in [1.54, 1.807) is 13.3 Å². The third-order valence-electron chi connectivity index (χ3n) is 7.21. The number of rotatable bonds is 14. The number of hydrogen-bond donors (Lipinski definition) is 1. The van der Waals surface area contributed by atoms with Gasteiger partial charge in [0.1, 0.15) is 42.0 Å². The van der Waals surface area contributed by atoms with E-state index in [1.807, 2.05) is 29.3 Å². The van der Waals surface area contributed by atoms with Gasteiger partial charge in [-0.1, -0.05) is 13.0 Å². The molecule has 1 unspecified atom stereocenters. The van der Waals surface area contributed by atoms with Crippen LogP contribution in [0.25, 0.3) is 0 Å². The topological polar surface area (TPSA) is 98.5 Å². The minimum atomic E-state index is -1.53. The van der Waals surface area contributed by atoms with Gasteiger partial charge in [0.15, 0.2) is 11.5 Å². The highest BCUT2D eigenvalue weighted by Crippen LogP contribution is 2.29. The highest BCUT2D eigenvalue weighted by atomic mass is 19.1. The standard InChI is InChI=1S/C31H40F2N4O6/c1-4-29-34-8-10-36(29)9-5-13-42-27-7-6-23(14-28(27)41-3)18-35-11-12-37(30(38)19-40-2)21-31(39,20-35)22-43-26-16-24(32)15-25(33)17-26/h6-8,10,14-17,39H,4-5,9,11-13,18-22H2,1-3H3. The van der Waals surface area contributed by atoms with Crippen LogP contribution in [0.5, 0.6) is 17.2 Å². The van der Waals surface area contributed by atoms with Gasteiger partial charge in [0.2, 0.25) is 5.91 Å². The molecule has 2 aromatic carbocycles. The molecular weight excluding hydrogens is 562 g/mol. The van der Waals surface area contributed by atoms with Crippen LogP contribution in [0, 0.1) is 11.6 Å². The maximum Gasteiger partial charge on any atom is 0.248 e. The summed E-state index contributed by atoms with van der Waals surface area (Å²) in [5.74, 6) is 0.371. The summed E-state index contributed by atoms with van der Waals surface area (Å²) in [4.78, 5) is 20.6. The number of halogens is 2. The van der Waals surface area contributed by atoms with E-state index in [2.05, 4.69) is 16.5 Å². The molecule has 0 saturated carbocycles. The SMILES string of the molecule is CCc1nccn1CCCOc1ccc(CN2CCN(C(=O)COC)CC(O)(COc3cc(F)cc(F)c3)C2)cc1OC. The maximum atomic E-state index is 13.7. The first-order chi connectivity index (χ1) is 20.7. The third-order valence-corrected chi connectivity index (χ3v) is 7.21. The van der Waals surface area contributed by atoms with Gasteiger partial charge >= 0.3 is 0 Å². The number of carbonyl (C=O) groups excluding carboxylic acids is 1. The number of nitrogens with zero attached hydrogens (tertiary/aromatic N) is 4. The van der Waals surface area contributed by atoms with Gasteiger partial charge in [-0.2, -0.15) is 0 Å². The number of ether oxygens (including phenoxy) is 4. The van der Waals surface area contributed by atoms with E-state index in [1.165, 1.54) is 12.0 Å². The molecule has 1 saturated heterocycles. The van der Waals surface area contributed by atoms with Crippen LogP contribution in [0.4, 0.5) is 8.78 Å². The lowest BCUT2D eigenvalue weighted by atomic mass is 10.0. The number of aryl methyl sites for hydroxylation is 2. The average Bonchev–Trinajstić information content (AvgIpc) is 3.36. The maximum absolute atomic E-state index is 13.7. The van der Waals surface area contributed by atoms with Gasteiger partial charge in [0.05, 0.1) is 20.3 Å². The molecule has 1 aromatic heterocycles. The largest absolute Gasteiger partial charge is 0.493 e. The molecule has 0 aliphatic carbocycles. The molecular formula is C31H40F2N4O6. The summed E-state index contributed by atoms with van der Waals surface area (Å²) in [5.41, 5.74) is -0.606. The zero-order chi connectivity index (χ0) is 30.8. The van der Waals surface area contributed by atoms with Gasteiger partial charge < -0.3 is 33.5 Å². The molecule has 10 nitrogen and oxygen atoms in total. The van der Waals surface area contributed by atoms with Crippen molar-refractivity contribution in [1.29, 1.82) is 0 Å². The van der Waals surface area contributed by atoms with Crippen molar-refractivity contribution < 1.29 is 37.6 Å². The molecule has 234 valence electrons. The van der Waals surface area contributed by atoms with Crippen molar-refractivity contribution in [2.24, 2.45) is 0 Å². The van der Waals surface area contributed by atoms with Gasteiger partial charge in [-0.05, 0) is 24.1 Å². The van der Waals surface area contributed by atoms with E-state index >= 15 is 0 Å². The number of imidazole rings is 1. The van der Waals surface area contributed by atoms with Crippen molar-refractivity contribution in [3.05, 3.63) is 71.8 Å². The van der Waals surface area contributed by atoms with Crippen molar-refractivity contribution in [2.75, 3.05) is 60.2 Å². The molecule has 0 bridgehead atoms. The lowest BCUT2D eigenvalue weighted by Gasteiger charge is -2.33. The first-order valence-corrected chi connectivity index (χ1v) is 14.3. The number of carbonyl (C=O) groups is 1. The second-order valence-electron chi connectivity index (χ2n) is 10.7. The molecule has 3 aromatic rings. The summed E-state index contributed by atoms with van der Waals surface area (Å²) in [6.07, 6.45) is 5.46. The highest BCUT2D eigenvalue weighted by molar-refractivity contribution is 5.77. The first kappa shape index (κ1) is 32.2. The summed E-state index contributed by atoms with van der Waals surface area (Å²) in [6.45, 7) is 4.38. The van der Waals surface area contributed by atoms with Crippen LogP contribution in [0.3, 0.4) is 0 Å². The number of aromatic nitrogens is 2. The zero-order valence-electron chi connectivity index (χ0n) is 24.9. The molecule has 1 atom stereocenters. The molecule has 1 aliphatic rings. The second kappa shape index (κ2) is 15.1. The first-order valence-electron chi connectivity index (χ1n) is 14.3. The molecule has 0 radical (unpaired) electrons. The molecule has 1 fully saturated rings. The predicted octanol–water partition coefficient (Wildman–Crippen LogP) is 3.30. The Bertz CT molecular complexity index is 1340. The van der Waals surface area contributed by atoms with E-state index < -0.39 is 17.2 Å². The summed E-state index contributed by atoms with van der Waals surface area (Å²) in [5, 5.41) is 11.6. The molecule has 1 aliphatic heterocycles.